The summed E-state index contributed by atoms with van der Waals surface area (Å²) >= 11 is 0. The minimum absolute atomic E-state index is 0.218. The number of amides is 3. The van der Waals surface area contributed by atoms with Gasteiger partial charge in [-0.1, -0.05) is 19.1 Å². The fourth-order valence-electron chi connectivity index (χ4n) is 8.01. The lowest BCUT2D eigenvalue weighted by atomic mass is 9.70. The standard InChI is InChI=1S/C38H50N4O6/c1-7-23-40(29-17-19-30(20-18-29)47-12-6)35(44)32-31-21-22-38(48-31)33(32)36(45)42(26(9-3)25-43)34(38)37(46)41(24-8-2)28-15-13-27(14-16-28)39(10-4)11-5/h7-8,13-20,26,31-34,43H,1-2,9-12,21-25H2,3-6H3/t26-,31+,32-,33-,34?,38?/m0/s1. The molecule has 0 saturated carbocycles. The lowest BCUT2D eigenvalue weighted by Crippen LogP contribution is -2.59. The SMILES string of the molecule is C=CCN(C(=O)C1N([C@@H](CC)CO)C(=O)[C@@H]2[C@@H](C(=O)N(CC=C)c3ccc(OCC)cc3)[C@H]3CCC12O3)c1ccc(N(CC)CC)cc1. The van der Waals surface area contributed by atoms with Gasteiger partial charge < -0.3 is 34.2 Å². The van der Waals surface area contributed by atoms with Gasteiger partial charge in [0.1, 0.15) is 17.4 Å². The van der Waals surface area contributed by atoms with Crippen LogP contribution in [0.1, 0.15) is 47.0 Å². The van der Waals surface area contributed by atoms with Gasteiger partial charge in [-0.25, -0.2) is 0 Å². The second-order valence-corrected chi connectivity index (χ2v) is 12.6. The number of aliphatic hydroxyl groups is 1. The summed E-state index contributed by atoms with van der Waals surface area (Å²) in [5, 5.41) is 10.5. The number of aliphatic hydroxyl groups excluding tert-OH is 1. The summed E-state index contributed by atoms with van der Waals surface area (Å²) in [5.41, 5.74) is 1.17. The average molecular weight is 659 g/mol. The van der Waals surface area contributed by atoms with Crippen LogP contribution in [0.3, 0.4) is 0 Å². The Morgan fingerprint density at radius 3 is 2.04 bits per heavy atom. The van der Waals surface area contributed by atoms with E-state index in [-0.39, 0.29) is 37.4 Å². The van der Waals surface area contributed by atoms with E-state index in [9.17, 15) is 19.5 Å². The van der Waals surface area contributed by atoms with Crippen LogP contribution in [0.4, 0.5) is 17.1 Å². The normalized spacial score (nSPS) is 24.6. The molecule has 3 saturated heterocycles. The Labute approximate surface area is 284 Å². The molecule has 10 nitrogen and oxygen atoms in total. The Balaban J connectivity index is 1.54. The van der Waals surface area contributed by atoms with Gasteiger partial charge in [-0.15, -0.1) is 13.2 Å². The van der Waals surface area contributed by atoms with Crippen molar-refractivity contribution in [2.75, 3.05) is 54.1 Å². The van der Waals surface area contributed by atoms with Crippen molar-refractivity contribution >= 4 is 34.8 Å². The Hall–Kier alpha value is -4.15. The molecule has 0 radical (unpaired) electrons. The molecule has 2 unspecified atom stereocenters. The zero-order valence-corrected chi connectivity index (χ0v) is 28.7. The van der Waals surface area contributed by atoms with Crippen LogP contribution >= 0.6 is 0 Å². The van der Waals surface area contributed by atoms with E-state index in [4.69, 9.17) is 9.47 Å². The maximum Gasteiger partial charge on any atom is 0.253 e. The van der Waals surface area contributed by atoms with Gasteiger partial charge >= 0.3 is 0 Å². The fraction of sp³-hybridized carbons (Fsp3) is 0.500. The van der Waals surface area contributed by atoms with Crippen molar-refractivity contribution in [3.63, 3.8) is 0 Å². The smallest absolute Gasteiger partial charge is 0.253 e. The van der Waals surface area contributed by atoms with Gasteiger partial charge in [0, 0.05) is 43.2 Å². The largest absolute Gasteiger partial charge is 0.494 e. The van der Waals surface area contributed by atoms with Gasteiger partial charge in [0.05, 0.1) is 37.2 Å². The second-order valence-electron chi connectivity index (χ2n) is 12.6. The highest BCUT2D eigenvalue weighted by molar-refractivity contribution is 6.06. The number of carbonyl (C=O) groups excluding carboxylic acids is 3. The van der Waals surface area contributed by atoms with Crippen LogP contribution in [0.25, 0.3) is 0 Å². The predicted molar refractivity (Wildman–Crippen MR) is 188 cm³/mol. The molecule has 3 aliphatic heterocycles. The Morgan fingerprint density at radius 2 is 1.52 bits per heavy atom. The number of carbonyl (C=O) groups is 3. The summed E-state index contributed by atoms with van der Waals surface area (Å²) in [4.78, 5) is 51.1. The third-order valence-corrected chi connectivity index (χ3v) is 10.2. The maximum absolute atomic E-state index is 14.9. The quantitative estimate of drug-likeness (QED) is 0.258. The summed E-state index contributed by atoms with van der Waals surface area (Å²) in [7, 11) is 0. The van der Waals surface area contributed by atoms with E-state index >= 15 is 0 Å². The fourth-order valence-corrected chi connectivity index (χ4v) is 8.01. The van der Waals surface area contributed by atoms with Crippen LogP contribution in [0.2, 0.25) is 0 Å². The van der Waals surface area contributed by atoms with Crippen LogP contribution in [0, 0.1) is 11.8 Å². The first kappa shape index (κ1) is 35.2. The maximum atomic E-state index is 14.9. The van der Waals surface area contributed by atoms with Crippen molar-refractivity contribution in [2.45, 2.75) is 70.7 Å². The number of anilines is 3. The number of fused-ring (bicyclic) bond motifs is 1. The van der Waals surface area contributed by atoms with Crippen LogP contribution in [0.5, 0.6) is 5.75 Å². The number of rotatable bonds is 16. The topological polar surface area (TPSA) is 103 Å². The number of nitrogens with zero attached hydrogens (tertiary/aromatic N) is 4. The predicted octanol–water partition coefficient (Wildman–Crippen LogP) is 4.82. The third kappa shape index (κ3) is 6.00. The zero-order chi connectivity index (χ0) is 34.6. The lowest BCUT2D eigenvalue weighted by molar-refractivity contribution is -0.144. The van der Waals surface area contributed by atoms with E-state index in [0.717, 1.165) is 18.8 Å². The Kier molecular flexibility index (Phi) is 11.0. The van der Waals surface area contributed by atoms with Gasteiger partial charge in [0.25, 0.3) is 5.91 Å². The number of hydrogen-bond donors (Lipinski definition) is 1. The Bertz CT molecular complexity index is 1470. The van der Waals surface area contributed by atoms with Crippen molar-refractivity contribution in [3.05, 3.63) is 73.8 Å². The van der Waals surface area contributed by atoms with Gasteiger partial charge in [-0.2, -0.15) is 0 Å². The van der Waals surface area contributed by atoms with Crippen molar-refractivity contribution in [3.8, 4) is 5.75 Å². The molecule has 48 heavy (non-hydrogen) atoms. The number of likely N-dealkylation sites (tertiary alicyclic amines) is 1. The highest BCUT2D eigenvalue weighted by Gasteiger charge is 2.75. The zero-order valence-electron chi connectivity index (χ0n) is 28.7. The average Bonchev–Trinajstić information content (AvgIpc) is 3.75. The van der Waals surface area contributed by atoms with Crippen LogP contribution < -0.4 is 19.4 Å². The van der Waals surface area contributed by atoms with E-state index in [1.54, 1.807) is 22.0 Å². The van der Waals surface area contributed by atoms with Crippen molar-refractivity contribution in [1.82, 2.24) is 4.90 Å². The lowest BCUT2D eigenvalue weighted by Gasteiger charge is -2.39. The van der Waals surface area contributed by atoms with Crippen molar-refractivity contribution in [2.24, 2.45) is 11.8 Å². The van der Waals surface area contributed by atoms with E-state index in [0.29, 0.717) is 43.0 Å². The van der Waals surface area contributed by atoms with E-state index < -0.39 is 35.6 Å². The molecule has 0 aromatic heterocycles. The number of benzene rings is 2. The van der Waals surface area contributed by atoms with E-state index in [1.807, 2.05) is 62.4 Å². The molecule has 6 atom stereocenters. The van der Waals surface area contributed by atoms with Gasteiger partial charge in [-0.3, -0.25) is 14.4 Å². The first-order chi connectivity index (χ1) is 23.2. The molecule has 3 fully saturated rings. The summed E-state index contributed by atoms with van der Waals surface area (Å²) in [6.45, 7) is 18.2. The molecule has 1 spiro atoms. The molecule has 2 bridgehead atoms. The monoisotopic (exact) mass is 658 g/mol. The van der Waals surface area contributed by atoms with Gasteiger partial charge in [-0.05, 0) is 88.6 Å². The minimum Gasteiger partial charge on any atom is -0.494 e. The van der Waals surface area contributed by atoms with E-state index in [1.165, 1.54) is 4.90 Å². The minimum atomic E-state index is -1.21. The van der Waals surface area contributed by atoms with Crippen LogP contribution in [0.15, 0.2) is 73.8 Å². The van der Waals surface area contributed by atoms with Gasteiger partial charge in [0.2, 0.25) is 11.8 Å². The summed E-state index contributed by atoms with van der Waals surface area (Å²) < 4.78 is 12.3. The molecule has 3 amide bonds. The van der Waals surface area contributed by atoms with Crippen LogP contribution in [-0.4, -0.2) is 90.9 Å². The summed E-state index contributed by atoms with van der Waals surface area (Å²) in [6.07, 6.45) is 4.24. The number of hydrogen-bond acceptors (Lipinski definition) is 7. The third-order valence-electron chi connectivity index (χ3n) is 10.2. The highest BCUT2D eigenvalue weighted by atomic mass is 16.5. The first-order valence-electron chi connectivity index (χ1n) is 17.3. The molecule has 5 rings (SSSR count). The molecule has 258 valence electrons. The molecule has 2 aromatic carbocycles. The molecule has 3 aliphatic rings. The summed E-state index contributed by atoms with van der Waals surface area (Å²) in [6, 6.07) is 13.5. The molecule has 3 heterocycles. The van der Waals surface area contributed by atoms with Gasteiger partial charge in [0.15, 0.2) is 0 Å². The molecular weight excluding hydrogens is 608 g/mol. The molecule has 10 heteroatoms. The second kappa shape index (κ2) is 15.0. The first-order valence-corrected chi connectivity index (χ1v) is 17.3. The molecular formula is C38H50N4O6. The van der Waals surface area contributed by atoms with Crippen molar-refractivity contribution < 1.29 is 29.0 Å². The number of ether oxygens (including phenoxy) is 2. The molecule has 0 aliphatic carbocycles. The summed E-state index contributed by atoms with van der Waals surface area (Å²) in [5.74, 6) is -1.85. The van der Waals surface area contributed by atoms with E-state index in [2.05, 4.69) is 31.9 Å². The molecule has 1 N–H and O–H groups in total. The Morgan fingerprint density at radius 1 is 0.958 bits per heavy atom. The molecule has 2 aromatic rings. The highest BCUT2D eigenvalue weighted by Crippen LogP contribution is 2.59. The van der Waals surface area contributed by atoms with Crippen molar-refractivity contribution in [1.29, 1.82) is 0 Å². The van der Waals surface area contributed by atoms with Crippen LogP contribution in [-0.2, 0) is 19.1 Å².